The first-order valence-corrected chi connectivity index (χ1v) is 7.44. The first-order chi connectivity index (χ1) is 9.52. The molecule has 0 aliphatic carbocycles. The highest BCUT2D eigenvalue weighted by Crippen LogP contribution is 2.29. The molecule has 2 aromatic carbocycles. The van der Waals surface area contributed by atoms with Gasteiger partial charge in [-0.1, -0.05) is 61.8 Å². The summed E-state index contributed by atoms with van der Waals surface area (Å²) in [5.41, 5.74) is 4.90. The summed E-state index contributed by atoms with van der Waals surface area (Å²) >= 11 is 6.39. The van der Waals surface area contributed by atoms with Crippen LogP contribution < -0.4 is 5.32 Å². The summed E-state index contributed by atoms with van der Waals surface area (Å²) in [4.78, 5) is 0. The molecule has 1 unspecified atom stereocenters. The van der Waals surface area contributed by atoms with Crippen molar-refractivity contribution in [3.63, 3.8) is 0 Å². The second kappa shape index (κ2) is 6.43. The fourth-order valence-corrected chi connectivity index (χ4v) is 2.79. The zero-order valence-corrected chi connectivity index (χ0v) is 13.3. The standard InChI is InChI=1S/C18H22ClN/c1-12(2)14-6-8-15(9-7-14)18(20-4)16-10-5-13(3)11-17(16)19/h5-12,18,20H,1-4H3. The minimum absolute atomic E-state index is 0.129. The van der Waals surface area contributed by atoms with Crippen molar-refractivity contribution in [3.8, 4) is 0 Å². The van der Waals surface area contributed by atoms with Crippen LogP contribution in [0.5, 0.6) is 0 Å². The van der Waals surface area contributed by atoms with E-state index in [4.69, 9.17) is 11.6 Å². The summed E-state index contributed by atoms with van der Waals surface area (Å²) in [6, 6.07) is 15.1. The average Bonchev–Trinajstić information content (AvgIpc) is 2.42. The van der Waals surface area contributed by atoms with Gasteiger partial charge >= 0.3 is 0 Å². The zero-order chi connectivity index (χ0) is 14.7. The van der Waals surface area contributed by atoms with E-state index in [9.17, 15) is 0 Å². The Morgan fingerprint density at radius 3 is 2.05 bits per heavy atom. The van der Waals surface area contributed by atoms with E-state index in [1.165, 1.54) is 16.7 Å². The van der Waals surface area contributed by atoms with Crippen LogP contribution in [0.3, 0.4) is 0 Å². The number of nitrogens with one attached hydrogen (secondary N) is 1. The zero-order valence-electron chi connectivity index (χ0n) is 12.6. The number of aryl methyl sites for hydroxylation is 1. The van der Waals surface area contributed by atoms with Gasteiger partial charge in [0, 0.05) is 5.02 Å². The second-order valence-corrected chi connectivity index (χ2v) is 5.98. The Bertz CT molecular complexity index is 572. The van der Waals surface area contributed by atoms with Crippen LogP contribution in [-0.4, -0.2) is 7.05 Å². The fourth-order valence-electron chi connectivity index (χ4n) is 2.44. The van der Waals surface area contributed by atoms with Crippen LogP contribution in [0.25, 0.3) is 0 Å². The number of rotatable bonds is 4. The molecular formula is C18H22ClN. The lowest BCUT2D eigenvalue weighted by molar-refractivity contribution is 0.691. The van der Waals surface area contributed by atoms with Crippen LogP contribution in [-0.2, 0) is 0 Å². The highest BCUT2D eigenvalue weighted by atomic mass is 35.5. The molecule has 0 saturated carbocycles. The molecule has 1 atom stereocenters. The second-order valence-electron chi connectivity index (χ2n) is 5.57. The van der Waals surface area contributed by atoms with Gasteiger partial charge in [0.1, 0.15) is 0 Å². The summed E-state index contributed by atoms with van der Waals surface area (Å²) in [5, 5.41) is 4.18. The summed E-state index contributed by atoms with van der Waals surface area (Å²) in [6.07, 6.45) is 0. The predicted octanol–water partition coefficient (Wildman–Crippen LogP) is 5.08. The number of hydrogen-bond acceptors (Lipinski definition) is 1. The molecule has 20 heavy (non-hydrogen) atoms. The summed E-state index contributed by atoms with van der Waals surface area (Å²) in [7, 11) is 1.97. The highest BCUT2D eigenvalue weighted by Gasteiger charge is 2.15. The van der Waals surface area contributed by atoms with E-state index in [1.807, 2.05) is 13.1 Å². The largest absolute Gasteiger partial charge is 0.309 e. The highest BCUT2D eigenvalue weighted by molar-refractivity contribution is 6.31. The van der Waals surface area contributed by atoms with Crippen molar-refractivity contribution in [1.29, 1.82) is 0 Å². The monoisotopic (exact) mass is 287 g/mol. The van der Waals surface area contributed by atoms with Gasteiger partial charge < -0.3 is 5.32 Å². The van der Waals surface area contributed by atoms with Crippen LogP contribution in [0.2, 0.25) is 5.02 Å². The molecular weight excluding hydrogens is 266 g/mol. The molecule has 0 aromatic heterocycles. The number of halogens is 1. The molecule has 0 spiro atoms. The minimum Gasteiger partial charge on any atom is -0.309 e. The Balaban J connectivity index is 2.36. The third-order valence-electron chi connectivity index (χ3n) is 3.69. The van der Waals surface area contributed by atoms with Crippen molar-refractivity contribution in [2.75, 3.05) is 7.05 Å². The molecule has 0 amide bonds. The van der Waals surface area contributed by atoms with Crippen LogP contribution >= 0.6 is 11.6 Å². The van der Waals surface area contributed by atoms with Crippen molar-refractivity contribution >= 4 is 11.6 Å². The third kappa shape index (κ3) is 3.23. The van der Waals surface area contributed by atoms with Crippen molar-refractivity contribution < 1.29 is 0 Å². The predicted molar refractivity (Wildman–Crippen MR) is 87.6 cm³/mol. The molecule has 0 saturated heterocycles. The van der Waals surface area contributed by atoms with Crippen molar-refractivity contribution in [1.82, 2.24) is 5.32 Å². The Morgan fingerprint density at radius 1 is 0.950 bits per heavy atom. The topological polar surface area (TPSA) is 12.0 Å². The smallest absolute Gasteiger partial charge is 0.0589 e. The van der Waals surface area contributed by atoms with Crippen LogP contribution in [0, 0.1) is 6.92 Å². The van der Waals surface area contributed by atoms with E-state index >= 15 is 0 Å². The molecule has 0 heterocycles. The molecule has 1 nitrogen and oxygen atoms in total. The maximum absolute atomic E-state index is 6.39. The van der Waals surface area contributed by atoms with Crippen molar-refractivity contribution in [2.24, 2.45) is 0 Å². The first kappa shape index (κ1) is 15.1. The first-order valence-electron chi connectivity index (χ1n) is 7.06. The Kier molecular flexibility index (Phi) is 4.85. The van der Waals surface area contributed by atoms with Gasteiger partial charge in [-0.3, -0.25) is 0 Å². The average molecular weight is 288 g/mol. The normalized spacial score (nSPS) is 12.7. The summed E-state index contributed by atoms with van der Waals surface area (Å²) < 4.78 is 0. The molecule has 0 aliphatic rings. The van der Waals surface area contributed by atoms with Gasteiger partial charge in [-0.2, -0.15) is 0 Å². The van der Waals surface area contributed by atoms with Crippen molar-refractivity contribution in [2.45, 2.75) is 32.7 Å². The summed E-state index contributed by atoms with van der Waals surface area (Å²) in [5.74, 6) is 0.556. The molecule has 106 valence electrons. The molecule has 0 radical (unpaired) electrons. The van der Waals surface area contributed by atoms with Gasteiger partial charge in [0.15, 0.2) is 0 Å². The van der Waals surface area contributed by atoms with Gasteiger partial charge in [-0.15, -0.1) is 0 Å². The molecule has 2 aromatic rings. The van der Waals surface area contributed by atoms with Crippen LogP contribution in [0.4, 0.5) is 0 Å². The minimum atomic E-state index is 0.129. The van der Waals surface area contributed by atoms with E-state index in [-0.39, 0.29) is 6.04 Å². The Labute approximate surface area is 127 Å². The molecule has 2 heteroatoms. The van der Waals surface area contributed by atoms with Crippen molar-refractivity contribution in [3.05, 3.63) is 69.7 Å². The third-order valence-corrected chi connectivity index (χ3v) is 4.02. The van der Waals surface area contributed by atoms with Gasteiger partial charge in [0.2, 0.25) is 0 Å². The lowest BCUT2D eigenvalue weighted by atomic mass is 9.95. The number of hydrogen-bond donors (Lipinski definition) is 1. The quantitative estimate of drug-likeness (QED) is 0.827. The van der Waals surface area contributed by atoms with Crippen LogP contribution in [0.15, 0.2) is 42.5 Å². The Morgan fingerprint density at radius 2 is 1.55 bits per heavy atom. The molecule has 0 aliphatic heterocycles. The maximum atomic E-state index is 6.39. The Hall–Kier alpha value is -1.31. The molecule has 2 rings (SSSR count). The van der Waals surface area contributed by atoms with Gasteiger partial charge in [-0.05, 0) is 48.2 Å². The fraction of sp³-hybridized carbons (Fsp3) is 0.333. The molecule has 0 bridgehead atoms. The maximum Gasteiger partial charge on any atom is 0.0589 e. The van der Waals surface area contributed by atoms with E-state index in [1.54, 1.807) is 0 Å². The van der Waals surface area contributed by atoms with E-state index in [2.05, 4.69) is 62.5 Å². The molecule has 0 fully saturated rings. The van der Waals surface area contributed by atoms with E-state index < -0.39 is 0 Å². The van der Waals surface area contributed by atoms with Crippen LogP contribution in [0.1, 0.15) is 48.1 Å². The van der Waals surface area contributed by atoms with Gasteiger partial charge in [-0.25, -0.2) is 0 Å². The lowest BCUT2D eigenvalue weighted by Gasteiger charge is -2.19. The van der Waals surface area contributed by atoms with E-state index in [0.29, 0.717) is 5.92 Å². The SMILES string of the molecule is CNC(c1ccc(C(C)C)cc1)c1ccc(C)cc1Cl. The summed E-state index contributed by atoms with van der Waals surface area (Å²) in [6.45, 7) is 6.48. The lowest BCUT2D eigenvalue weighted by Crippen LogP contribution is -2.18. The molecule has 1 N–H and O–H groups in total. The number of benzene rings is 2. The van der Waals surface area contributed by atoms with Gasteiger partial charge in [0.05, 0.1) is 6.04 Å². The van der Waals surface area contributed by atoms with Gasteiger partial charge in [0.25, 0.3) is 0 Å². The van der Waals surface area contributed by atoms with E-state index in [0.717, 1.165) is 10.6 Å².